The molecule has 0 bridgehead atoms. The van der Waals surface area contributed by atoms with E-state index in [9.17, 15) is 4.79 Å². The van der Waals surface area contributed by atoms with Gasteiger partial charge in [-0.3, -0.25) is 14.7 Å². The molecule has 1 aliphatic heterocycles. The van der Waals surface area contributed by atoms with Crippen molar-refractivity contribution in [2.75, 3.05) is 46.9 Å². The average molecular weight is 409 g/mol. The van der Waals surface area contributed by atoms with E-state index in [2.05, 4.69) is 38.0 Å². The molecule has 0 saturated carbocycles. The van der Waals surface area contributed by atoms with Crippen molar-refractivity contribution >= 4 is 28.1 Å². The minimum atomic E-state index is -0.137. The van der Waals surface area contributed by atoms with Gasteiger partial charge >= 0.3 is 0 Å². The molecule has 6 nitrogen and oxygen atoms in total. The minimum Gasteiger partial charge on any atom is -0.497 e. The van der Waals surface area contributed by atoms with Crippen LogP contribution in [0.15, 0.2) is 39.4 Å². The Kier molecular flexibility index (Phi) is 7.46. The number of rotatable bonds is 6. The molecule has 1 fully saturated rings. The van der Waals surface area contributed by atoms with Gasteiger partial charge in [0.15, 0.2) is 0 Å². The topological polar surface area (TPSA) is 71.2 Å². The first kappa shape index (κ1) is 19.5. The fraction of sp³-hybridized carbons (Fsp3) is 0.444. The first-order chi connectivity index (χ1) is 12.0. The van der Waals surface area contributed by atoms with Crippen molar-refractivity contribution in [3.63, 3.8) is 0 Å². The number of halogens is 1. The highest BCUT2D eigenvalue weighted by Gasteiger charge is 2.23. The number of methoxy groups -OCH3 is 1. The maximum absolute atomic E-state index is 12.4. The molecule has 1 heterocycles. The van der Waals surface area contributed by atoms with E-state index in [0.29, 0.717) is 17.6 Å². The van der Waals surface area contributed by atoms with Gasteiger partial charge < -0.3 is 15.4 Å². The summed E-state index contributed by atoms with van der Waals surface area (Å²) in [7, 11) is 3.31. The monoisotopic (exact) mass is 408 g/mol. The first-order valence-electron chi connectivity index (χ1n) is 8.27. The second-order valence-corrected chi connectivity index (χ2v) is 6.74. The van der Waals surface area contributed by atoms with Gasteiger partial charge in [0, 0.05) is 46.0 Å². The van der Waals surface area contributed by atoms with Crippen LogP contribution in [0.3, 0.4) is 0 Å². The quantitative estimate of drug-likeness (QED) is 0.573. The Morgan fingerprint density at radius 2 is 1.92 bits per heavy atom. The molecule has 1 amide bonds. The van der Waals surface area contributed by atoms with Crippen LogP contribution in [0.4, 0.5) is 0 Å². The number of ether oxygens (including phenoxy) is 1. The van der Waals surface area contributed by atoms with Crippen LogP contribution in [0.2, 0.25) is 0 Å². The van der Waals surface area contributed by atoms with E-state index in [1.807, 2.05) is 12.1 Å². The lowest BCUT2D eigenvalue weighted by molar-refractivity contribution is -0.128. The third-order valence-corrected chi connectivity index (χ3v) is 4.90. The van der Waals surface area contributed by atoms with E-state index >= 15 is 0 Å². The molecule has 1 aliphatic rings. The molecule has 0 aliphatic carbocycles. The largest absolute Gasteiger partial charge is 0.497 e. The van der Waals surface area contributed by atoms with Crippen molar-refractivity contribution in [2.24, 2.45) is 10.7 Å². The van der Waals surface area contributed by atoms with Gasteiger partial charge in [-0.05, 0) is 40.0 Å². The third-order valence-electron chi connectivity index (χ3n) is 4.27. The van der Waals surface area contributed by atoms with Gasteiger partial charge in [-0.25, -0.2) is 0 Å². The van der Waals surface area contributed by atoms with Gasteiger partial charge in [0.25, 0.3) is 5.91 Å². The smallest absolute Gasteiger partial charge is 0.271 e. The van der Waals surface area contributed by atoms with Crippen LogP contribution in [0.1, 0.15) is 5.56 Å². The van der Waals surface area contributed by atoms with Crippen LogP contribution in [0.5, 0.6) is 5.75 Å². The molecule has 0 unspecified atom stereocenters. The summed E-state index contributed by atoms with van der Waals surface area (Å²) in [5, 5.41) is 0. The third kappa shape index (κ3) is 5.57. The lowest BCUT2D eigenvalue weighted by Gasteiger charge is -2.34. The van der Waals surface area contributed by atoms with Crippen molar-refractivity contribution < 1.29 is 9.53 Å². The second-order valence-electron chi connectivity index (χ2n) is 5.88. The Bertz CT molecular complexity index is 635. The molecular formula is C18H25BrN4O2. The van der Waals surface area contributed by atoms with E-state index in [1.165, 1.54) is 5.56 Å². The summed E-state index contributed by atoms with van der Waals surface area (Å²) in [6.07, 6.45) is 2.52. The lowest BCUT2D eigenvalue weighted by atomic mass is 10.1. The Balaban J connectivity index is 1.81. The summed E-state index contributed by atoms with van der Waals surface area (Å²) in [6, 6.07) is 8.16. The molecule has 0 atom stereocenters. The number of carbonyl (C=O) groups is 1. The standard InChI is InChI=1S/C18H25BrN4O2/c1-21-13-16(19)17(20)18(24)23-11-9-22(10-12-23)8-7-14-3-5-15(25-2)6-4-14/h3-6,13H,7-12,20H2,1-2H3. The van der Waals surface area contributed by atoms with Crippen molar-refractivity contribution in [1.82, 2.24) is 9.80 Å². The summed E-state index contributed by atoms with van der Waals surface area (Å²) < 4.78 is 5.71. The highest BCUT2D eigenvalue weighted by atomic mass is 79.9. The van der Waals surface area contributed by atoms with Gasteiger partial charge in [0.2, 0.25) is 0 Å². The molecule has 0 aromatic heterocycles. The Morgan fingerprint density at radius 3 is 2.48 bits per heavy atom. The molecule has 136 valence electrons. The van der Waals surface area contributed by atoms with Crippen LogP contribution < -0.4 is 10.5 Å². The van der Waals surface area contributed by atoms with E-state index in [-0.39, 0.29) is 11.6 Å². The lowest BCUT2D eigenvalue weighted by Crippen LogP contribution is -2.50. The Morgan fingerprint density at radius 1 is 1.28 bits per heavy atom. The molecule has 0 radical (unpaired) electrons. The number of carbonyl (C=O) groups excluding carboxylic acids is 1. The predicted octanol–water partition coefficient (Wildman–Crippen LogP) is 1.65. The van der Waals surface area contributed by atoms with Gasteiger partial charge in [0.1, 0.15) is 11.4 Å². The maximum Gasteiger partial charge on any atom is 0.271 e. The zero-order chi connectivity index (χ0) is 18.2. The number of piperazine rings is 1. The van der Waals surface area contributed by atoms with Crippen molar-refractivity contribution in [3.8, 4) is 5.75 Å². The summed E-state index contributed by atoms with van der Waals surface area (Å²) in [5.74, 6) is 0.738. The molecule has 0 spiro atoms. The number of benzene rings is 1. The molecular weight excluding hydrogens is 384 g/mol. The molecule has 1 aromatic rings. The van der Waals surface area contributed by atoms with Gasteiger partial charge in [-0.15, -0.1) is 0 Å². The SMILES string of the molecule is CN=CC(Br)=C(N)C(=O)N1CCN(CCc2ccc(OC)cc2)CC1. The van der Waals surface area contributed by atoms with E-state index in [4.69, 9.17) is 10.5 Å². The van der Waals surface area contributed by atoms with Crippen molar-refractivity contribution in [3.05, 3.63) is 40.0 Å². The summed E-state index contributed by atoms with van der Waals surface area (Å²) in [6.45, 7) is 4.06. The molecule has 1 aromatic carbocycles. The van der Waals surface area contributed by atoms with Crippen molar-refractivity contribution in [1.29, 1.82) is 0 Å². The predicted molar refractivity (Wildman–Crippen MR) is 104 cm³/mol. The van der Waals surface area contributed by atoms with E-state index < -0.39 is 0 Å². The average Bonchev–Trinajstić information content (AvgIpc) is 2.66. The normalized spacial score (nSPS) is 16.8. The van der Waals surface area contributed by atoms with Gasteiger partial charge in [-0.2, -0.15) is 0 Å². The summed E-state index contributed by atoms with van der Waals surface area (Å²) >= 11 is 3.28. The fourth-order valence-electron chi connectivity index (χ4n) is 2.71. The van der Waals surface area contributed by atoms with Gasteiger partial charge in [-0.1, -0.05) is 12.1 Å². The van der Waals surface area contributed by atoms with Crippen LogP contribution in [0, 0.1) is 0 Å². The van der Waals surface area contributed by atoms with Crippen LogP contribution in [-0.2, 0) is 11.2 Å². The zero-order valence-corrected chi connectivity index (χ0v) is 16.3. The minimum absolute atomic E-state index is 0.137. The first-order valence-corrected chi connectivity index (χ1v) is 9.06. The number of aliphatic imine (C=N–C) groups is 1. The highest BCUT2D eigenvalue weighted by molar-refractivity contribution is 9.12. The molecule has 1 saturated heterocycles. The van der Waals surface area contributed by atoms with Crippen LogP contribution >= 0.6 is 15.9 Å². The molecule has 2 N–H and O–H groups in total. The second kappa shape index (κ2) is 9.58. The Hall–Kier alpha value is -1.86. The summed E-state index contributed by atoms with van der Waals surface area (Å²) in [4.78, 5) is 20.4. The molecule has 25 heavy (non-hydrogen) atoms. The maximum atomic E-state index is 12.4. The molecule has 7 heteroatoms. The molecule has 2 rings (SSSR count). The summed E-state index contributed by atoms with van der Waals surface area (Å²) in [5.41, 5.74) is 7.39. The number of hydrogen-bond acceptors (Lipinski definition) is 5. The number of amides is 1. The number of allylic oxidation sites excluding steroid dienone is 1. The Labute approximate surface area is 157 Å². The number of nitrogens with two attached hydrogens (primary N) is 1. The zero-order valence-electron chi connectivity index (χ0n) is 14.7. The number of nitrogens with zero attached hydrogens (tertiary/aromatic N) is 3. The highest BCUT2D eigenvalue weighted by Crippen LogP contribution is 2.14. The van der Waals surface area contributed by atoms with Crippen molar-refractivity contribution in [2.45, 2.75) is 6.42 Å². The van der Waals surface area contributed by atoms with E-state index in [0.717, 1.165) is 31.8 Å². The number of hydrogen-bond donors (Lipinski definition) is 1. The van der Waals surface area contributed by atoms with Crippen LogP contribution in [0.25, 0.3) is 0 Å². The fourth-order valence-corrected chi connectivity index (χ4v) is 3.08. The van der Waals surface area contributed by atoms with Gasteiger partial charge in [0.05, 0.1) is 11.6 Å². The van der Waals surface area contributed by atoms with E-state index in [1.54, 1.807) is 25.3 Å². The van der Waals surface area contributed by atoms with Crippen LogP contribution in [-0.4, -0.2) is 68.8 Å².